The number of aromatic nitrogens is 1. The first-order valence-corrected chi connectivity index (χ1v) is 16.3. The predicted octanol–water partition coefficient (Wildman–Crippen LogP) is 6.44. The van der Waals surface area contributed by atoms with E-state index >= 15 is 8.78 Å². The van der Waals surface area contributed by atoms with Gasteiger partial charge in [0.15, 0.2) is 11.6 Å². The third kappa shape index (κ3) is 8.71. The highest BCUT2D eigenvalue weighted by atomic mass is 19.4. The van der Waals surface area contributed by atoms with Gasteiger partial charge in [0.2, 0.25) is 5.82 Å². The highest BCUT2D eigenvalue weighted by molar-refractivity contribution is 6.24. The molecule has 286 valence electrons. The Morgan fingerprint density at radius 3 is 2.32 bits per heavy atom. The number of hydrazine groups is 1. The van der Waals surface area contributed by atoms with Crippen LogP contribution in [0.15, 0.2) is 60.0 Å². The van der Waals surface area contributed by atoms with E-state index in [0.717, 1.165) is 17.1 Å². The van der Waals surface area contributed by atoms with E-state index in [-0.39, 0.29) is 29.2 Å². The predicted molar refractivity (Wildman–Crippen MR) is 174 cm³/mol. The van der Waals surface area contributed by atoms with Crippen molar-refractivity contribution < 1.29 is 59.3 Å². The number of amides is 2. The van der Waals surface area contributed by atoms with Crippen LogP contribution in [0, 0.1) is 17.6 Å². The number of carbonyl (C=O) groups excluding carboxylic acids is 2. The van der Waals surface area contributed by atoms with Crippen LogP contribution in [0.4, 0.5) is 40.8 Å². The lowest BCUT2D eigenvalue weighted by molar-refractivity contribution is -0.155. The summed E-state index contributed by atoms with van der Waals surface area (Å²) < 4.78 is 122. The normalized spacial score (nSPS) is 17.8. The van der Waals surface area contributed by atoms with Crippen molar-refractivity contribution in [3.8, 4) is 16.9 Å². The van der Waals surface area contributed by atoms with Gasteiger partial charge < -0.3 is 19.9 Å². The highest BCUT2D eigenvalue weighted by Gasteiger charge is 2.43. The molecule has 2 aliphatic heterocycles. The molecule has 2 aliphatic rings. The van der Waals surface area contributed by atoms with Crippen LogP contribution in [0.25, 0.3) is 11.1 Å². The molecular formula is C35H35F8N5O5. The van der Waals surface area contributed by atoms with E-state index < -0.39 is 82.5 Å². The molecule has 10 nitrogen and oxygen atoms in total. The molecule has 1 aromatic heterocycles. The van der Waals surface area contributed by atoms with Gasteiger partial charge in [0.1, 0.15) is 23.6 Å². The average molecular weight is 758 g/mol. The fourth-order valence-corrected chi connectivity index (χ4v) is 6.05. The van der Waals surface area contributed by atoms with Crippen molar-refractivity contribution in [1.29, 1.82) is 0 Å². The molecule has 1 saturated heterocycles. The molecule has 2 N–H and O–H groups in total. The van der Waals surface area contributed by atoms with Crippen molar-refractivity contribution in [2.45, 2.75) is 38.8 Å². The molecule has 18 heteroatoms. The minimum Gasteiger partial charge on any atom is -0.510 e. The first kappa shape index (κ1) is 39.4. The summed E-state index contributed by atoms with van der Waals surface area (Å²) in [7, 11) is 1.39. The number of morpholine rings is 1. The zero-order valence-electron chi connectivity index (χ0n) is 28.6. The minimum absolute atomic E-state index is 0.0672. The average Bonchev–Trinajstić information content (AvgIpc) is 3.09. The van der Waals surface area contributed by atoms with Crippen LogP contribution in [0.5, 0.6) is 5.75 Å². The number of carbonyl (C=O) groups is 2. The number of aliphatic hydroxyl groups is 1. The SMILES string of the molecule is CC(C)[C@H]1C(O)=C(C(=O)Nc2ccc(C(F)(F)F)cc2-c2ccc(C(F)(F)F)nc2)C(=O)N(Cc2ccc(OCCN3CCOCC3)c(F)c2F)N1C. The molecule has 3 aromatic rings. The zero-order chi connectivity index (χ0) is 38.8. The molecular weight excluding hydrogens is 722 g/mol. The largest absolute Gasteiger partial charge is 0.510 e. The number of rotatable bonds is 10. The first-order chi connectivity index (χ1) is 24.9. The summed E-state index contributed by atoms with van der Waals surface area (Å²) in [4.78, 5) is 32.9. The first-order valence-electron chi connectivity index (χ1n) is 16.3. The number of pyridine rings is 1. The Morgan fingerprint density at radius 1 is 1.02 bits per heavy atom. The molecule has 3 heterocycles. The van der Waals surface area contributed by atoms with Crippen LogP contribution in [-0.2, 0) is 33.2 Å². The molecule has 0 aliphatic carbocycles. The smallest absolute Gasteiger partial charge is 0.433 e. The number of hydrogen-bond donors (Lipinski definition) is 2. The maximum atomic E-state index is 15.4. The number of aliphatic hydroxyl groups excluding tert-OH is 1. The number of halogens is 8. The Hall–Kier alpha value is -4.81. The Kier molecular flexibility index (Phi) is 11.6. The lowest BCUT2D eigenvalue weighted by atomic mass is 9.95. The molecule has 0 unspecified atom stereocenters. The van der Waals surface area contributed by atoms with Crippen LogP contribution in [0.3, 0.4) is 0 Å². The van der Waals surface area contributed by atoms with Crippen molar-refractivity contribution in [1.82, 2.24) is 19.9 Å². The molecule has 2 amide bonds. The lowest BCUT2D eigenvalue weighted by Gasteiger charge is -2.43. The van der Waals surface area contributed by atoms with E-state index in [1.165, 1.54) is 24.2 Å². The summed E-state index contributed by atoms with van der Waals surface area (Å²) in [6.45, 7) is 5.63. The van der Waals surface area contributed by atoms with Crippen LogP contribution in [0.2, 0.25) is 0 Å². The standard InChI is InChI=1S/C35H35F8N5O5/c1-19(2)30-31(49)27(32(50)45-24-7-6-22(34(38,39)40)16-23(24)20-5-9-26(44-17-20)35(41,42)43)33(51)48(46(30)3)18-21-4-8-25(29(37)28(21)36)53-15-12-47-10-13-52-14-11-47/h4-9,16-17,19,30,49H,10-15,18H2,1-3H3,(H,45,50)/t30-/m0/s1. The van der Waals surface area contributed by atoms with Crippen molar-refractivity contribution >= 4 is 17.5 Å². The number of nitrogens with one attached hydrogen (secondary N) is 1. The Balaban J connectivity index is 1.42. The van der Waals surface area contributed by atoms with E-state index in [9.17, 15) is 41.0 Å². The van der Waals surface area contributed by atoms with Gasteiger partial charge in [0, 0.05) is 55.3 Å². The summed E-state index contributed by atoms with van der Waals surface area (Å²) >= 11 is 0. The summed E-state index contributed by atoms with van der Waals surface area (Å²) in [6, 6.07) is 4.79. The van der Waals surface area contributed by atoms with Crippen LogP contribution in [0.1, 0.15) is 30.7 Å². The summed E-state index contributed by atoms with van der Waals surface area (Å²) in [5.74, 6) is -6.61. The van der Waals surface area contributed by atoms with E-state index in [2.05, 4.69) is 10.3 Å². The lowest BCUT2D eigenvalue weighted by Crippen LogP contribution is -2.57. The number of likely N-dealkylation sites (N-methyl/N-ethyl adjacent to an activating group) is 1. The van der Waals surface area contributed by atoms with Gasteiger partial charge in [-0.25, -0.2) is 9.40 Å². The second kappa shape index (κ2) is 15.7. The number of benzene rings is 2. The molecule has 1 atom stereocenters. The molecule has 53 heavy (non-hydrogen) atoms. The number of alkyl halides is 6. The van der Waals surface area contributed by atoms with E-state index in [4.69, 9.17) is 9.47 Å². The highest BCUT2D eigenvalue weighted by Crippen LogP contribution is 2.38. The number of nitrogens with zero attached hydrogens (tertiary/aromatic N) is 4. The van der Waals surface area contributed by atoms with Gasteiger partial charge in [-0.1, -0.05) is 26.0 Å². The molecule has 0 spiro atoms. The van der Waals surface area contributed by atoms with Crippen LogP contribution < -0.4 is 10.1 Å². The summed E-state index contributed by atoms with van der Waals surface area (Å²) in [5, 5.41) is 15.7. The molecule has 5 rings (SSSR count). The van der Waals surface area contributed by atoms with Crippen molar-refractivity contribution in [3.05, 3.63) is 88.4 Å². The van der Waals surface area contributed by atoms with Gasteiger partial charge in [-0.3, -0.25) is 24.5 Å². The van der Waals surface area contributed by atoms with Crippen molar-refractivity contribution in [2.24, 2.45) is 5.92 Å². The maximum absolute atomic E-state index is 15.4. The molecule has 0 saturated carbocycles. The fourth-order valence-electron chi connectivity index (χ4n) is 6.05. The Labute approximate surface area is 298 Å². The van der Waals surface area contributed by atoms with Crippen molar-refractivity contribution in [3.63, 3.8) is 0 Å². The maximum Gasteiger partial charge on any atom is 0.433 e. The summed E-state index contributed by atoms with van der Waals surface area (Å²) in [6.07, 6.45) is -9.04. The molecule has 1 fully saturated rings. The van der Waals surface area contributed by atoms with Gasteiger partial charge in [0.25, 0.3) is 11.8 Å². The van der Waals surface area contributed by atoms with Gasteiger partial charge in [-0.2, -0.15) is 30.7 Å². The Bertz CT molecular complexity index is 1860. The third-order valence-corrected chi connectivity index (χ3v) is 8.80. The van der Waals surface area contributed by atoms with E-state index in [1.807, 2.05) is 4.90 Å². The van der Waals surface area contributed by atoms with E-state index in [1.54, 1.807) is 13.8 Å². The minimum atomic E-state index is -4.88. The molecule has 0 bridgehead atoms. The number of ether oxygens (including phenoxy) is 2. The number of hydrogen-bond acceptors (Lipinski definition) is 8. The second-order valence-electron chi connectivity index (χ2n) is 12.7. The third-order valence-electron chi connectivity index (χ3n) is 8.80. The quantitative estimate of drug-likeness (QED) is 0.180. The van der Waals surface area contributed by atoms with Gasteiger partial charge in [-0.05, 0) is 36.2 Å². The van der Waals surface area contributed by atoms with Gasteiger partial charge >= 0.3 is 12.4 Å². The molecule has 2 aromatic carbocycles. The second-order valence-corrected chi connectivity index (χ2v) is 12.7. The fraction of sp³-hybridized carbons (Fsp3) is 0.400. The van der Waals surface area contributed by atoms with Gasteiger partial charge in [0.05, 0.1) is 31.4 Å². The molecule has 0 radical (unpaired) electrons. The van der Waals surface area contributed by atoms with Crippen molar-refractivity contribution in [2.75, 3.05) is 51.8 Å². The number of anilines is 1. The van der Waals surface area contributed by atoms with E-state index in [0.29, 0.717) is 57.2 Å². The van der Waals surface area contributed by atoms with Crippen LogP contribution in [-0.4, -0.2) is 89.4 Å². The summed E-state index contributed by atoms with van der Waals surface area (Å²) in [5.41, 5.74) is -4.64. The topological polar surface area (TPSA) is 107 Å². The Morgan fingerprint density at radius 2 is 1.72 bits per heavy atom. The van der Waals surface area contributed by atoms with Crippen LogP contribution >= 0.6 is 0 Å². The zero-order valence-corrected chi connectivity index (χ0v) is 28.6. The monoisotopic (exact) mass is 757 g/mol. The van der Waals surface area contributed by atoms with Gasteiger partial charge in [-0.15, -0.1) is 0 Å².